The van der Waals surface area contributed by atoms with E-state index in [0.29, 0.717) is 25.7 Å². The Hall–Kier alpha value is -2.30. The van der Waals surface area contributed by atoms with Gasteiger partial charge in [-0.3, -0.25) is 23.4 Å². The van der Waals surface area contributed by atoms with E-state index in [-0.39, 0.29) is 19.3 Å². The maximum absolute atomic E-state index is 14.3. The Labute approximate surface area is 554 Å². The van der Waals surface area contributed by atoms with Crippen LogP contribution in [0.1, 0.15) is 271 Å². The van der Waals surface area contributed by atoms with Gasteiger partial charge < -0.3 is 89.1 Å². The Balaban J connectivity index is 1.76. The second-order valence-electron chi connectivity index (χ2n) is 26.0. The van der Waals surface area contributed by atoms with Crippen LogP contribution in [-0.2, 0) is 61.2 Å². The predicted molar refractivity (Wildman–Crippen MR) is 347 cm³/mol. The van der Waals surface area contributed by atoms with Crippen LogP contribution in [0.3, 0.4) is 0 Å². The molecule has 25 heteroatoms. The van der Waals surface area contributed by atoms with Gasteiger partial charge in [-0.25, -0.2) is 4.57 Å². The zero-order valence-electron chi connectivity index (χ0n) is 56.5. The number of allylic oxidation sites excluding steroid dienone is 2. The van der Waals surface area contributed by atoms with E-state index in [2.05, 4.69) is 32.9 Å². The minimum Gasteiger partial charge on any atom is -0.463 e. The highest BCUT2D eigenvalue weighted by Crippen LogP contribution is 2.49. The zero-order valence-corrected chi connectivity index (χ0v) is 57.4. The number of hydrogen-bond acceptors (Lipinski definition) is 23. The Morgan fingerprint density at radius 3 is 1.17 bits per heavy atom. The summed E-state index contributed by atoms with van der Waals surface area (Å²) in [6.45, 7) is 3.40. The van der Waals surface area contributed by atoms with Crippen LogP contribution in [0.4, 0.5) is 0 Å². The van der Waals surface area contributed by atoms with Gasteiger partial charge >= 0.3 is 25.7 Å². The number of aliphatic hydroxyl groups is 10. The maximum Gasteiger partial charge on any atom is 0.472 e. The van der Waals surface area contributed by atoms with Gasteiger partial charge in [0.05, 0.1) is 13.2 Å². The van der Waals surface area contributed by atoms with Gasteiger partial charge in [-0.05, 0) is 44.9 Å². The number of carbonyl (C=O) groups excluding carboxylic acids is 3. The lowest BCUT2D eigenvalue weighted by atomic mass is 9.84. The molecule has 2 aliphatic heterocycles. The second kappa shape index (κ2) is 50.9. The minimum atomic E-state index is -5.69. The maximum atomic E-state index is 14.3. The third-order valence-electron chi connectivity index (χ3n) is 17.8. The molecule has 1 saturated carbocycles. The molecular weight excluding hydrogens is 1230 g/mol. The van der Waals surface area contributed by atoms with Crippen molar-refractivity contribution in [2.45, 2.75) is 375 Å². The van der Waals surface area contributed by atoms with Crippen molar-refractivity contribution in [2.24, 2.45) is 0 Å². The summed E-state index contributed by atoms with van der Waals surface area (Å²) < 4.78 is 64.8. The van der Waals surface area contributed by atoms with Crippen LogP contribution >= 0.6 is 7.82 Å². The summed E-state index contributed by atoms with van der Waals surface area (Å²) in [7, 11) is -5.69. The van der Waals surface area contributed by atoms with Crippen molar-refractivity contribution < 1.29 is 117 Å². The molecule has 0 aromatic carbocycles. The van der Waals surface area contributed by atoms with E-state index in [1.54, 1.807) is 0 Å². The first kappa shape index (κ1) is 84.9. The largest absolute Gasteiger partial charge is 0.472 e. The molecule has 11 N–H and O–H groups in total. The standard InChI is InChI=1S/C68H125O24P/c1-4-7-10-13-16-19-22-25-28-31-33-36-39-42-52(70)84-46-49(87-54(72)44-41-38-35-32-29-26-23-20-17-14-11-8-5-2)47-86-93(82,83)92-66-64(90-67-62(80)57(75)55(73)50(45-69)88-67)60(78)59(77)61(79)65(66)91-68-63(81)58(76)56(74)51(89-68)48-85-53(71)43-40-37-34-30-27-24-21-18-15-12-9-6-3/h26,29,49-51,55-69,73-81H,4-25,27-28,30-48H2,1-3H3,(H,82,83)/b29-26-. The summed E-state index contributed by atoms with van der Waals surface area (Å²) in [5, 5.41) is 110. The van der Waals surface area contributed by atoms with Crippen LogP contribution in [0.25, 0.3) is 0 Å². The number of aliphatic hydroxyl groups excluding tert-OH is 10. The fourth-order valence-corrected chi connectivity index (χ4v) is 12.8. The van der Waals surface area contributed by atoms with E-state index < -0.39 is 156 Å². The van der Waals surface area contributed by atoms with E-state index in [9.17, 15) is 74.9 Å². The summed E-state index contributed by atoms with van der Waals surface area (Å²) in [4.78, 5) is 50.8. The number of hydrogen-bond donors (Lipinski definition) is 11. The Morgan fingerprint density at radius 2 is 0.753 bits per heavy atom. The zero-order chi connectivity index (χ0) is 68.2. The molecular formula is C68H125O24P. The lowest BCUT2D eigenvalue weighted by Gasteiger charge is -2.49. The van der Waals surface area contributed by atoms with Crippen molar-refractivity contribution in [3.8, 4) is 0 Å². The third kappa shape index (κ3) is 34.9. The number of esters is 3. The molecule has 3 rings (SSSR count). The molecule has 18 unspecified atom stereocenters. The van der Waals surface area contributed by atoms with E-state index in [4.69, 9.17) is 42.2 Å². The molecule has 0 radical (unpaired) electrons. The fourth-order valence-electron chi connectivity index (χ4n) is 11.9. The van der Waals surface area contributed by atoms with Gasteiger partial charge in [0.1, 0.15) is 98.7 Å². The van der Waals surface area contributed by atoms with E-state index in [1.807, 2.05) is 0 Å². The van der Waals surface area contributed by atoms with E-state index >= 15 is 0 Å². The molecule has 0 amide bonds. The van der Waals surface area contributed by atoms with Crippen molar-refractivity contribution in [1.82, 2.24) is 0 Å². The molecule has 93 heavy (non-hydrogen) atoms. The van der Waals surface area contributed by atoms with Crippen LogP contribution in [0, 0.1) is 0 Å². The average Bonchev–Trinajstić information content (AvgIpc) is 0.775. The summed E-state index contributed by atoms with van der Waals surface area (Å²) in [5.41, 5.74) is 0. The quantitative estimate of drug-likeness (QED) is 0.00890. The van der Waals surface area contributed by atoms with Gasteiger partial charge in [-0.1, -0.05) is 219 Å². The number of carbonyl (C=O) groups is 3. The van der Waals surface area contributed by atoms with Gasteiger partial charge in [-0.2, -0.15) is 0 Å². The molecule has 18 atom stereocenters. The van der Waals surface area contributed by atoms with Crippen LogP contribution < -0.4 is 0 Å². The Morgan fingerprint density at radius 1 is 0.409 bits per heavy atom. The lowest BCUT2D eigenvalue weighted by Crippen LogP contribution is -2.69. The minimum absolute atomic E-state index is 0.0313. The Bertz CT molecular complexity index is 1990. The van der Waals surface area contributed by atoms with Crippen molar-refractivity contribution in [1.29, 1.82) is 0 Å². The van der Waals surface area contributed by atoms with Crippen LogP contribution in [0.5, 0.6) is 0 Å². The van der Waals surface area contributed by atoms with Crippen molar-refractivity contribution in [3.05, 3.63) is 12.2 Å². The second-order valence-corrected chi connectivity index (χ2v) is 27.4. The highest BCUT2D eigenvalue weighted by Gasteiger charge is 2.58. The number of phosphoric acid groups is 1. The fraction of sp³-hybridized carbons (Fsp3) is 0.926. The number of ether oxygens (including phenoxy) is 7. The van der Waals surface area contributed by atoms with Gasteiger partial charge in [0, 0.05) is 19.3 Å². The monoisotopic (exact) mass is 1360 g/mol. The molecule has 0 spiro atoms. The molecule has 546 valence electrons. The first-order chi connectivity index (χ1) is 44.8. The van der Waals surface area contributed by atoms with Crippen LogP contribution in [0.2, 0.25) is 0 Å². The molecule has 2 saturated heterocycles. The van der Waals surface area contributed by atoms with Gasteiger partial charge in [0.2, 0.25) is 0 Å². The summed E-state index contributed by atoms with van der Waals surface area (Å²) in [6, 6.07) is 0. The molecule has 2 heterocycles. The molecule has 3 aliphatic rings. The molecule has 0 aromatic heterocycles. The first-order valence-electron chi connectivity index (χ1n) is 36.0. The van der Waals surface area contributed by atoms with E-state index in [1.165, 1.54) is 116 Å². The predicted octanol–water partition coefficient (Wildman–Crippen LogP) is 8.79. The topological polar surface area (TPSA) is 374 Å². The third-order valence-corrected chi connectivity index (χ3v) is 18.8. The molecule has 24 nitrogen and oxygen atoms in total. The molecule has 3 fully saturated rings. The van der Waals surface area contributed by atoms with Crippen LogP contribution in [0.15, 0.2) is 12.2 Å². The number of unbranched alkanes of at least 4 members (excludes halogenated alkanes) is 32. The molecule has 0 bridgehead atoms. The molecule has 0 aromatic rings. The summed E-state index contributed by atoms with van der Waals surface area (Å²) in [6.07, 6.45) is 7.37. The van der Waals surface area contributed by atoms with Crippen molar-refractivity contribution in [3.63, 3.8) is 0 Å². The summed E-state index contributed by atoms with van der Waals surface area (Å²) >= 11 is 0. The van der Waals surface area contributed by atoms with E-state index in [0.717, 1.165) is 89.9 Å². The van der Waals surface area contributed by atoms with Gasteiger partial charge in [0.25, 0.3) is 0 Å². The average molecular weight is 1360 g/mol. The first-order valence-corrected chi connectivity index (χ1v) is 37.5. The van der Waals surface area contributed by atoms with Gasteiger partial charge in [0.15, 0.2) is 18.7 Å². The number of phosphoric ester groups is 1. The highest BCUT2D eigenvalue weighted by atomic mass is 31.2. The normalized spacial score (nSPS) is 28.5. The lowest BCUT2D eigenvalue weighted by molar-refractivity contribution is -0.360. The molecule has 1 aliphatic carbocycles. The number of rotatable bonds is 55. The SMILES string of the molecule is CCCCCCCC/C=C\CCCCCC(=O)OC(COC(=O)CCCCCCCCCCCCCCC)COP(=O)(O)OC1C(OC2OC(CO)C(O)C(O)C2O)C(O)C(O)C(O)C1OC1OC(COC(=O)CCCCCCCCCCCCCC)C(O)C(O)C1O. The van der Waals surface area contributed by atoms with Gasteiger partial charge in [-0.15, -0.1) is 0 Å². The van der Waals surface area contributed by atoms with Crippen LogP contribution in [-0.4, -0.2) is 204 Å². The Kier molecular flexibility index (Phi) is 46.5. The summed E-state index contributed by atoms with van der Waals surface area (Å²) in [5.74, 6) is -2.00. The highest BCUT2D eigenvalue weighted by molar-refractivity contribution is 7.47. The van der Waals surface area contributed by atoms with Crippen molar-refractivity contribution in [2.75, 3.05) is 26.4 Å². The smallest absolute Gasteiger partial charge is 0.463 e. The van der Waals surface area contributed by atoms with Crippen molar-refractivity contribution >= 4 is 25.7 Å².